The zero-order valence-corrected chi connectivity index (χ0v) is 18.4. The lowest BCUT2D eigenvalue weighted by Gasteiger charge is -2.33. The van der Waals surface area contributed by atoms with E-state index in [2.05, 4.69) is 16.5 Å². The van der Waals surface area contributed by atoms with Crippen LogP contribution in [-0.2, 0) is 14.3 Å². The van der Waals surface area contributed by atoms with Crippen LogP contribution in [0.3, 0.4) is 0 Å². The number of hydrogen-bond donors (Lipinski definition) is 0. The van der Waals surface area contributed by atoms with E-state index in [-0.39, 0.29) is 17.6 Å². The van der Waals surface area contributed by atoms with Crippen molar-refractivity contribution in [2.24, 2.45) is 0 Å². The van der Waals surface area contributed by atoms with Crippen LogP contribution in [0.5, 0.6) is 0 Å². The van der Waals surface area contributed by atoms with Crippen molar-refractivity contribution in [1.82, 2.24) is 14.5 Å². The number of aryl methyl sites for hydroxylation is 1. The van der Waals surface area contributed by atoms with Crippen molar-refractivity contribution in [1.29, 1.82) is 0 Å². The van der Waals surface area contributed by atoms with Gasteiger partial charge in [-0.1, -0.05) is 18.3 Å². The summed E-state index contributed by atoms with van der Waals surface area (Å²) in [5, 5.41) is 1.34. The van der Waals surface area contributed by atoms with Crippen LogP contribution in [0.2, 0.25) is 0 Å². The molecule has 0 bridgehead atoms. The van der Waals surface area contributed by atoms with Crippen LogP contribution >= 0.6 is 11.8 Å². The molecule has 7 nitrogen and oxygen atoms in total. The highest BCUT2D eigenvalue weighted by atomic mass is 32.2. The molecule has 2 heterocycles. The fraction of sp³-hybridized carbons (Fsp3) is 0.524. The minimum absolute atomic E-state index is 0.232. The molecule has 0 amide bonds. The van der Waals surface area contributed by atoms with E-state index in [9.17, 15) is 9.59 Å². The molecular weight excluding hydrogens is 390 g/mol. The number of aromatic nitrogens is 3. The number of nitrogens with zero attached hydrogens (tertiary/aromatic N) is 3. The molecule has 2 unspecified atom stereocenters. The smallest absolute Gasteiger partial charge is 0.303 e. The summed E-state index contributed by atoms with van der Waals surface area (Å²) >= 11 is 1.41. The van der Waals surface area contributed by atoms with E-state index >= 15 is 0 Å². The van der Waals surface area contributed by atoms with Crippen molar-refractivity contribution >= 4 is 34.5 Å². The molecule has 8 heteroatoms. The second-order valence-electron chi connectivity index (χ2n) is 7.44. The van der Waals surface area contributed by atoms with Crippen molar-refractivity contribution in [3.8, 4) is 0 Å². The van der Waals surface area contributed by atoms with E-state index in [0.717, 1.165) is 17.4 Å². The molecule has 156 valence electrons. The summed E-state index contributed by atoms with van der Waals surface area (Å²) in [6.07, 6.45) is 5.86. The summed E-state index contributed by atoms with van der Waals surface area (Å²) in [5.74, 6) is -0.0333. The van der Waals surface area contributed by atoms with Gasteiger partial charge in [-0.15, -0.1) is 0 Å². The Labute approximate surface area is 174 Å². The average molecular weight is 418 g/mol. The Bertz CT molecular complexity index is 1030. The van der Waals surface area contributed by atoms with E-state index in [1.54, 1.807) is 10.8 Å². The summed E-state index contributed by atoms with van der Waals surface area (Å²) in [6, 6.07) is -0.334. The lowest BCUT2D eigenvalue weighted by molar-refractivity contribution is -0.158. The minimum atomic E-state index is -0.785. The summed E-state index contributed by atoms with van der Waals surface area (Å²) in [5.41, 5.74) is 0.679. The van der Waals surface area contributed by atoms with Gasteiger partial charge < -0.3 is 9.47 Å². The van der Waals surface area contributed by atoms with Crippen LogP contribution in [0.4, 0.5) is 0 Å². The Hall–Kier alpha value is -2.35. The van der Waals surface area contributed by atoms with Crippen molar-refractivity contribution in [3.63, 3.8) is 0 Å². The van der Waals surface area contributed by atoms with Gasteiger partial charge in [-0.2, -0.15) is 0 Å². The van der Waals surface area contributed by atoms with Crippen LogP contribution in [0.25, 0.3) is 16.8 Å². The largest absolute Gasteiger partial charge is 0.494 e. The topological polar surface area (TPSA) is 83.3 Å². The van der Waals surface area contributed by atoms with Crippen molar-refractivity contribution < 1.29 is 14.3 Å². The lowest BCUT2D eigenvalue weighted by Crippen LogP contribution is -2.41. The van der Waals surface area contributed by atoms with Crippen LogP contribution < -0.4 is 5.56 Å². The molecule has 2 aromatic heterocycles. The Balaban J connectivity index is 2.35. The van der Waals surface area contributed by atoms with Crippen LogP contribution in [0.1, 0.15) is 57.2 Å². The molecule has 0 aliphatic heterocycles. The lowest BCUT2D eigenvalue weighted by atomic mass is 9.97. The normalized spacial score (nSPS) is 21.3. The fourth-order valence-corrected chi connectivity index (χ4v) is 4.58. The minimum Gasteiger partial charge on any atom is -0.494 e. The molecular formula is C21H27N3O4S. The number of ether oxygens (including phenoxy) is 2. The Morgan fingerprint density at radius 3 is 2.83 bits per heavy atom. The van der Waals surface area contributed by atoms with E-state index in [1.165, 1.54) is 18.7 Å². The molecule has 0 spiro atoms. The van der Waals surface area contributed by atoms with Gasteiger partial charge in [0.25, 0.3) is 5.56 Å². The number of fused-ring (bicyclic) bond motifs is 1. The first-order valence-electron chi connectivity index (χ1n) is 9.71. The second-order valence-corrected chi connectivity index (χ2v) is 8.21. The first-order valence-corrected chi connectivity index (χ1v) is 10.9. The maximum atomic E-state index is 13.7. The third-order valence-corrected chi connectivity index (χ3v) is 6.07. The quantitative estimate of drug-likeness (QED) is 0.305. The summed E-state index contributed by atoms with van der Waals surface area (Å²) < 4.78 is 12.9. The molecule has 0 aromatic carbocycles. The average Bonchev–Trinajstić information content (AvgIpc) is 3.01. The van der Waals surface area contributed by atoms with Gasteiger partial charge in [0.15, 0.2) is 5.16 Å². The summed E-state index contributed by atoms with van der Waals surface area (Å²) in [4.78, 5) is 34.5. The predicted molar refractivity (Wildman–Crippen MR) is 114 cm³/mol. The molecule has 1 saturated carbocycles. The first kappa shape index (κ1) is 21.4. The van der Waals surface area contributed by atoms with E-state index in [1.807, 2.05) is 27.0 Å². The molecule has 2 aromatic rings. The summed E-state index contributed by atoms with van der Waals surface area (Å²) in [6.45, 7) is 11.4. The number of hydrogen-bond acceptors (Lipinski definition) is 7. The van der Waals surface area contributed by atoms with Crippen LogP contribution in [0, 0.1) is 6.92 Å². The molecule has 0 saturated heterocycles. The summed E-state index contributed by atoms with van der Waals surface area (Å²) in [7, 11) is 0. The third kappa shape index (κ3) is 3.77. The molecule has 1 fully saturated rings. The monoisotopic (exact) mass is 417 g/mol. The van der Waals surface area contributed by atoms with E-state index in [0.29, 0.717) is 41.6 Å². The molecule has 2 atom stereocenters. The molecule has 1 aliphatic carbocycles. The standard InChI is InChI=1S/C21H27N3O4S/c1-7-27-13(3)17-12(2)15-11-22-20(29-6)23-18(15)24(19(17)26)16-9-8-10-21(16,5)28-14(4)25/h11,16H,3,7-10H2,1-2,4-6H3. The number of pyridine rings is 1. The SMILES string of the molecule is C=C(OCC)c1c(C)c2cnc(SC)nc2n(C2CCCC2(C)OC(C)=O)c1=O. The second kappa shape index (κ2) is 8.18. The molecule has 0 N–H and O–H groups in total. The van der Waals surface area contributed by atoms with Crippen LogP contribution in [-0.4, -0.2) is 39.0 Å². The van der Waals surface area contributed by atoms with Gasteiger partial charge in [0.05, 0.1) is 18.2 Å². The Morgan fingerprint density at radius 1 is 1.48 bits per heavy atom. The van der Waals surface area contributed by atoms with Gasteiger partial charge in [-0.25, -0.2) is 9.97 Å². The van der Waals surface area contributed by atoms with Gasteiger partial charge in [0.2, 0.25) is 0 Å². The van der Waals surface area contributed by atoms with Gasteiger partial charge in [-0.3, -0.25) is 14.2 Å². The molecule has 1 aliphatic rings. The number of carbonyl (C=O) groups is 1. The number of thioether (sulfide) groups is 1. The molecule has 3 rings (SSSR count). The number of carbonyl (C=O) groups excluding carboxylic acids is 1. The first-order chi connectivity index (χ1) is 13.7. The highest BCUT2D eigenvalue weighted by molar-refractivity contribution is 7.98. The van der Waals surface area contributed by atoms with Crippen LogP contribution in [0.15, 0.2) is 22.7 Å². The highest BCUT2D eigenvalue weighted by Gasteiger charge is 2.44. The van der Waals surface area contributed by atoms with E-state index < -0.39 is 5.60 Å². The van der Waals surface area contributed by atoms with Gasteiger partial charge >= 0.3 is 5.97 Å². The van der Waals surface area contributed by atoms with Crippen molar-refractivity contribution in [2.75, 3.05) is 12.9 Å². The van der Waals surface area contributed by atoms with Gasteiger partial charge in [-0.05, 0) is 51.9 Å². The zero-order chi connectivity index (χ0) is 21.3. The maximum absolute atomic E-state index is 13.7. The van der Waals surface area contributed by atoms with E-state index in [4.69, 9.17) is 9.47 Å². The highest BCUT2D eigenvalue weighted by Crippen LogP contribution is 2.43. The van der Waals surface area contributed by atoms with Gasteiger partial charge in [0.1, 0.15) is 17.0 Å². The van der Waals surface area contributed by atoms with Crippen molar-refractivity contribution in [2.45, 2.75) is 63.8 Å². The van der Waals surface area contributed by atoms with Gasteiger partial charge in [0, 0.05) is 18.5 Å². The number of rotatable bonds is 6. The number of esters is 1. The molecule has 0 radical (unpaired) electrons. The Morgan fingerprint density at radius 2 is 2.21 bits per heavy atom. The zero-order valence-electron chi connectivity index (χ0n) is 17.6. The third-order valence-electron chi connectivity index (χ3n) is 5.51. The molecule has 29 heavy (non-hydrogen) atoms. The maximum Gasteiger partial charge on any atom is 0.303 e. The fourth-order valence-electron chi connectivity index (χ4n) is 4.25. The predicted octanol–water partition coefficient (Wildman–Crippen LogP) is 3.88. The van der Waals surface area contributed by atoms with Crippen molar-refractivity contribution in [3.05, 3.63) is 34.3 Å². The Kier molecular flexibility index (Phi) is 6.03.